The molecule has 10 heteroatoms. The summed E-state index contributed by atoms with van der Waals surface area (Å²) in [6.45, 7) is 0.957. The molecule has 2 rings (SSSR count). The van der Waals surface area contributed by atoms with Gasteiger partial charge in [-0.05, 0) is 30.7 Å². The predicted octanol–water partition coefficient (Wildman–Crippen LogP) is 2.45. The summed E-state index contributed by atoms with van der Waals surface area (Å²) < 4.78 is 38.2. The minimum Gasteiger partial charge on any atom is -0.324 e. The highest BCUT2D eigenvalue weighted by molar-refractivity contribution is 7.92. The maximum atomic E-state index is 13.2. The zero-order valence-corrected chi connectivity index (χ0v) is 14.8. The molecule has 2 aromatic carbocycles. The maximum absolute atomic E-state index is 13.2. The number of hydrogen-bond acceptors (Lipinski definition) is 5. The Kier molecular flexibility index (Phi) is 5.56. The van der Waals surface area contributed by atoms with Crippen molar-refractivity contribution in [3.63, 3.8) is 0 Å². The van der Waals surface area contributed by atoms with Crippen LogP contribution in [0.3, 0.4) is 0 Å². The maximum Gasteiger partial charge on any atom is 0.271 e. The van der Waals surface area contributed by atoms with E-state index in [1.165, 1.54) is 30.3 Å². The van der Waals surface area contributed by atoms with Gasteiger partial charge in [-0.1, -0.05) is 12.1 Å². The number of nitro benzene ring substituents is 1. The van der Waals surface area contributed by atoms with E-state index in [4.69, 9.17) is 0 Å². The normalized spacial score (nSPS) is 11.0. The third-order valence-electron chi connectivity index (χ3n) is 3.47. The van der Waals surface area contributed by atoms with Gasteiger partial charge in [-0.3, -0.25) is 19.2 Å². The molecular weight excluding hydrogens is 365 g/mol. The molecule has 0 aliphatic rings. The highest BCUT2D eigenvalue weighted by atomic mass is 32.2. The number of aryl methyl sites for hydroxylation is 1. The van der Waals surface area contributed by atoms with Crippen molar-refractivity contribution in [2.24, 2.45) is 0 Å². The summed E-state index contributed by atoms with van der Waals surface area (Å²) in [6, 6.07) is 8.86. The first kappa shape index (κ1) is 19.3. The number of nitro groups is 1. The second-order valence-electron chi connectivity index (χ2n) is 5.56. The molecular formula is C16H16FN3O5S. The fraction of sp³-hybridized carbons (Fsp3) is 0.188. The number of amides is 1. The molecule has 1 amide bonds. The molecule has 0 fully saturated rings. The van der Waals surface area contributed by atoms with E-state index in [0.29, 0.717) is 5.56 Å². The summed E-state index contributed by atoms with van der Waals surface area (Å²) in [4.78, 5) is 22.5. The van der Waals surface area contributed by atoms with Crippen LogP contribution in [0.5, 0.6) is 0 Å². The number of halogens is 1. The molecule has 0 unspecified atom stereocenters. The third kappa shape index (κ3) is 4.76. The summed E-state index contributed by atoms with van der Waals surface area (Å²) in [5.41, 5.74) is 0.333. The molecule has 0 heterocycles. The number of sulfonamides is 1. The van der Waals surface area contributed by atoms with Crippen molar-refractivity contribution in [2.75, 3.05) is 22.4 Å². The van der Waals surface area contributed by atoms with Crippen molar-refractivity contribution < 1.29 is 22.5 Å². The van der Waals surface area contributed by atoms with E-state index in [1.807, 2.05) is 0 Å². The number of carbonyl (C=O) groups is 1. The van der Waals surface area contributed by atoms with Gasteiger partial charge in [0.05, 0.1) is 16.9 Å². The molecule has 0 atom stereocenters. The Morgan fingerprint density at radius 1 is 1.27 bits per heavy atom. The summed E-state index contributed by atoms with van der Waals surface area (Å²) in [5.74, 6) is -1.27. The largest absolute Gasteiger partial charge is 0.324 e. The number of nitrogens with zero attached hydrogens (tertiary/aromatic N) is 2. The fourth-order valence-corrected chi connectivity index (χ4v) is 3.16. The second-order valence-corrected chi connectivity index (χ2v) is 7.46. The van der Waals surface area contributed by atoms with Crippen LogP contribution in [-0.4, -0.2) is 32.0 Å². The number of nitrogens with one attached hydrogen (secondary N) is 1. The summed E-state index contributed by atoms with van der Waals surface area (Å²) in [6.07, 6.45) is 0.890. The quantitative estimate of drug-likeness (QED) is 0.610. The van der Waals surface area contributed by atoms with Gasteiger partial charge >= 0.3 is 0 Å². The third-order valence-corrected chi connectivity index (χ3v) is 4.59. The molecule has 2 aromatic rings. The topological polar surface area (TPSA) is 110 Å². The lowest BCUT2D eigenvalue weighted by Crippen LogP contribution is -2.37. The van der Waals surface area contributed by atoms with Gasteiger partial charge in [0.15, 0.2) is 0 Å². The number of benzene rings is 2. The molecule has 0 aliphatic carbocycles. The Balaban J connectivity index is 2.33. The van der Waals surface area contributed by atoms with Gasteiger partial charge in [0.1, 0.15) is 12.4 Å². The van der Waals surface area contributed by atoms with Crippen molar-refractivity contribution in [1.82, 2.24) is 0 Å². The average molecular weight is 381 g/mol. The lowest BCUT2D eigenvalue weighted by atomic mass is 10.2. The minimum absolute atomic E-state index is 0.0242. The predicted molar refractivity (Wildman–Crippen MR) is 95.1 cm³/mol. The standard InChI is InChI=1S/C16H16FN3O5S/c1-11-6-7-14(20(22)23)9-15(11)19(26(2,24)25)10-16(21)18-13-5-3-4-12(17)8-13/h3-9H,10H2,1-2H3,(H,18,21). The molecule has 0 spiro atoms. The monoisotopic (exact) mass is 381 g/mol. The van der Waals surface area contributed by atoms with Gasteiger partial charge in [0.25, 0.3) is 5.69 Å². The first-order valence-electron chi connectivity index (χ1n) is 7.36. The molecule has 0 aliphatic heterocycles. The van der Waals surface area contributed by atoms with E-state index in [0.717, 1.165) is 22.7 Å². The van der Waals surface area contributed by atoms with Gasteiger partial charge < -0.3 is 5.32 Å². The summed E-state index contributed by atoms with van der Waals surface area (Å²) in [5, 5.41) is 13.3. The van der Waals surface area contributed by atoms with Crippen LogP contribution in [0.1, 0.15) is 5.56 Å². The highest BCUT2D eigenvalue weighted by Gasteiger charge is 2.24. The number of non-ortho nitro benzene ring substituents is 1. The fourth-order valence-electron chi connectivity index (χ4n) is 2.26. The van der Waals surface area contributed by atoms with Gasteiger partial charge in [-0.15, -0.1) is 0 Å². The molecule has 0 aromatic heterocycles. The molecule has 0 saturated heterocycles. The van der Waals surface area contributed by atoms with Gasteiger partial charge in [-0.2, -0.15) is 0 Å². The lowest BCUT2D eigenvalue weighted by Gasteiger charge is -2.23. The van der Waals surface area contributed by atoms with Crippen LogP contribution >= 0.6 is 0 Å². The number of anilines is 2. The van der Waals surface area contributed by atoms with Crippen molar-refractivity contribution in [3.8, 4) is 0 Å². The molecule has 0 radical (unpaired) electrons. The number of rotatable bonds is 6. The number of hydrogen-bond donors (Lipinski definition) is 1. The van der Waals surface area contributed by atoms with E-state index in [2.05, 4.69) is 5.32 Å². The van der Waals surface area contributed by atoms with Crippen LogP contribution in [-0.2, 0) is 14.8 Å². The van der Waals surface area contributed by atoms with Gasteiger partial charge in [0, 0.05) is 17.8 Å². The van der Waals surface area contributed by atoms with Crippen LogP contribution in [0.25, 0.3) is 0 Å². The van der Waals surface area contributed by atoms with Crippen LogP contribution < -0.4 is 9.62 Å². The Hall–Kier alpha value is -3.01. The molecule has 26 heavy (non-hydrogen) atoms. The first-order valence-corrected chi connectivity index (χ1v) is 9.21. The molecule has 0 saturated carbocycles. The van der Waals surface area contributed by atoms with Crippen LogP contribution in [0.2, 0.25) is 0 Å². The lowest BCUT2D eigenvalue weighted by molar-refractivity contribution is -0.384. The smallest absolute Gasteiger partial charge is 0.271 e. The zero-order chi connectivity index (χ0) is 19.5. The van der Waals surface area contributed by atoms with E-state index < -0.39 is 33.2 Å². The SMILES string of the molecule is Cc1ccc([N+](=O)[O-])cc1N(CC(=O)Nc1cccc(F)c1)S(C)(=O)=O. The van der Waals surface area contributed by atoms with Crippen LogP contribution in [0, 0.1) is 22.9 Å². The molecule has 138 valence electrons. The van der Waals surface area contributed by atoms with Crippen LogP contribution in [0.15, 0.2) is 42.5 Å². The first-order chi connectivity index (χ1) is 12.1. The van der Waals surface area contributed by atoms with E-state index in [1.54, 1.807) is 6.92 Å². The van der Waals surface area contributed by atoms with E-state index in [-0.39, 0.29) is 17.1 Å². The van der Waals surface area contributed by atoms with Crippen molar-refractivity contribution in [2.45, 2.75) is 6.92 Å². The molecule has 1 N–H and O–H groups in total. The Bertz CT molecular complexity index is 962. The van der Waals surface area contributed by atoms with Gasteiger partial charge in [-0.25, -0.2) is 12.8 Å². The van der Waals surface area contributed by atoms with Crippen LogP contribution in [0.4, 0.5) is 21.5 Å². The summed E-state index contributed by atoms with van der Waals surface area (Å²) >= 11 is 0. The minimum atomic E-state index is -3.90. The van der Waals surface area contributed by atoms with Crippen molar-refractivity contribution >= 4 is 33.0 Å². The highest BCUT2D eigenvalue weighted by Crippen LogP contribution is 2.27. The Morgan fingerprint density at radius 2 is 1.96 bits per heavy atom. The molecule has 0 bridgehead atoms. The van der Waals surface area contributed by atoms with E-state index in [9.17, 15) is 27.7 Å². The number of carbonyl (C=O) groups excluding carboxylic acids is 1. The van der Waals surface area contributed by atoms with Crippen molar-refractivity contribution in [3.05, 3.63) is 64.0 Å². The van der Waals surface area contributed by atoms with Gasteiger partial charge in [0.2, 0.25) is 15.9 Å². The van der Waals surface area contributed by atoms with E-state index >= 15 is 0 Å². The Labute approximate surface area is 149 Å². The average Bonchev–Trinajstić information content (AvgIpc) is 2.52. The Morgan fingerprint density at radius 3 is 2.54 bits per heavy atom. The molecule has 8 nitrogen and oxygen atoms in total. The van der Waals surface area contributed by atoms with Crippen molar-refractivity contribution in [1.29, 1.82) is 0 Å². The second kappa shape index (κ2) is 7.48. The zero-order valence-electron chi connectivity index (χ0n) is 14.0. The summed E-state index contributed by atoms with van der Waals surface area (Å²) in [7, 11) is -3.90.